The fraction of sp³-hybridized carbons (Fsp3) is 0.556. The highest BCUT2D eigenvalue weighted by Gasteiger charge is 2.21. The lowest BCUT2D eigenvalue weighted by Gasteiger charge is -2.16. The van der Waals surface area contributed by atoms with Gasteiger partial charge in [-0.05, 0) is 42.9 Å². The number of benzene rings is 1. The smallest absolute Gasteiger partial charge is 0.154 e. The lowest BCUT2D eigenvalue weighted by Crippen LogP contribution is -2.16. The first-order valence-electron chi connectivity index (χ1n) is 8.08. The van der Waals surface area contributed by atoms with Gasteiger partial charge in [-0.15, -0.1) is 0 Å². The third-order valence-electron chi connectivity index (χ3n) is 4.02. The minimum Gasteiger partial charge on any atom is -0.260 e. The van der Waals surface area contributed by atoms with Crippen molar-refractivity contribution in [3.05, 3.63) is 33.8 Å². The van der Waals surface area contributed by atoms with E-state index >= 15 is 0 Å². The Kier molecular flexibility index (Phi) is 6.46. The predicted molar refractivity (Wildman–Crippen MR) is 97.8 cm³/mol. The average molecular weight is 339 g/mol. The first-order chi connectivity index (χ1) is 10.5. The Labute approximate surface area is 143 Å². The molecule has 22 heavy (non-hydrogen) atoms. The lowest BCUT2D eigenvalue weighted by atomic mass is 9.90. The fourth-order valence-corrected chi connectivity index (χ4v) is 3.03. The molecular weight excluding hydrogens is 315 g/mol. The Morgan fingerprint density at radius 2 is 1.86 bits per heavy atom. The summed E-state index contributed by atoms with van der Waals surface area (Å²) in [5, 5.41) is 1.12. The summed E-state index contributed by atoms with van der Waals surface area (Å²) < 4.78 is 0. The molecule has 1 aromatic rings. The van der Waals surface area contributed by atoms with Gasteiger partial charge in [0.2, 0.25) is 0 Å². The van der Waals surface area contributed by atoms with Crippen LogP contribution in [0.1, 0.15) is 52.0 Å². The third kappa shape index (κ3) is 4.57. The minimum atomic E-state index is 0.551. The van der Waals surface area contributed by atoms with Gasteiger partial charge in [0.15, 0.2) is 5.84 Å². The molecule has 4 heteroatoms. The highest BCUT2D eigenvalue weighted by Crippen LogP contribution is 2.26. The molecule has 0 amide bonds. The summed E-state index contributed by atoms with van der Waals surface area (Å²) in [6.07, 6.45) is 4.82. The van der Waals surface area contributed by atoms with Crippen molar-refractivity contribution < 1.29 is 0 Å². The Hall–Kier alpha value is -0.860. The summed E-state index contributed by atoms with van der Waals surface area (Å²) in [7, 11) is 0. The highest BCUT2D eigenvalue weighted by atomic mass is 35.5. The zero-order valence-electron chi connectivity index (χ0n) is 13.6. The molecule has 0 radical (unpaired) electrons. The number of hydrogen-bond donors (Lipinski definition) is 0. The highest BCUT2D eigenvalue weighted by molar-refractivity contribution is 6.42. The molecule has 1 aliphatic heterocycles. The first-order valence-corrected chi connectivity index (χ1v) is 8.84. The Morgan fingerprint density at radius 1 is 1.09 bits per heavy atom. The van der Waals surface area contributed by atoms with Crippen LogP contribution < -0.4 is 0 Å². The van der Waals surface area contributed by atoms with E-state index in [0.29, 0.717) is 16.0 Å². The maximum Gasteiger partial charge on any atom is 0.154 e. The van der Waals surface area contributed by atoms with Gasteiger partial charge in [-0.25, -0.2) is 4.99 Å². The fourth-order valence-electron chi connectivity index (χ4n) is 2.73. The Morgan fingerprint density at radius 3 is 2.50 bits per heavy atom. The van der Waals surface area contributed by atoms with E-state index in [1.807, 2.05) is 12.1 Å². The van der Waals surface area contributed by atoms with E-state index in [4.69, 9.17) is 28.2 Å². The number of amidine groups is 1. The van der Waals surface area contributed by atoms with Crippen LogP contribution >= 0.6 is 23.2 Å². The van der Waals surface area contributed by atoms with Gasteiger partial charge < -0.3 is 0 Å². The molecule has 1 aliphatic rings. The van der Waals surface area contributed by atoms with Crippen LogP contribution in [0, 0.1) is 11.8 Å². The van der Waals surface area contributed by atoms with E-state index in [0.717, 1.165) is 23.9 Å². The summed E-state index contributed by atoms with van der Waals surface area (Å²) in [6, 6.07) is 5.58. The first kappa shape index (κ1) is 17.5. The largest absolute Gasteiger partial charge is 0.260 e. The van der Waals surface area contributed by atoms with E-state index in [9.17, 15) is 0 Å². The van der Waals surface area contributed by atoms with E-state index in [1.165, 1.54) is 31.4 Å². The van der Waals surface area contributed by atoms with Crippen molar-refractivity contribution in [3.8, 4) is 0 Å². The van der Waals surface area contributed by atoms with Crippen LogP contribution in [-0.2, 0) is 0 Å². The molecule has 2 nitrogen and oxygen atoms in total. The summed E-state index contributed by atoms with van der Waals surface area (Å²) in [4.78, 5) is 9.39. The van der Waals surface area contributed by atoms with Crippen molar-refractivity contribution in [2.45, 2.75) is 46.5 Å². The van der Waals surface area contributed by atoms with Crippen molar-refractivity contribution in [2.24, 2.45) is 21.8 Å². The van der Waals surface area contributed by atoms with Crippen LogP contribution in [-0.4, -0.2) is 18.1 Å². The second kappa shape index (κ2) is 8.12. The van der Waals surface area contributed by atoms with Crippen molar-refractivity contribution >= 4 is 34.7 Å². The summed E-state index contributed by atoms with van der Waals surface area (Å²) in [5.74, 6) is 2.08. The number of rotatable bonds is 7. The van der Waals surface area contributed by atoms with Gasteiger partial charge in [0.25, 0.3) is 0 Å². The molecule has 1 heterocycles. The number of hydrogen-bond acceptors (Lipinski definition) is 2. The van der Waals surface area contributed by atoms with Crippen LogP contribution in [0.15, 0.2) is 28.2 Å². The Balaban J connectivity index is 2.11. The molecule has 0 fully saturated rings. The van der Waals surface area contributed by atoms with Crippen LogP contribution in [0.2, 0.25) is 10.0 Å². The minimum absolute atomic E-state index is 0.551. The standard InChI is InChI=1S/C18H24Cl2N2/c1-4-5-13(7-6-12(2)3)17-11-21-18(22-17)14-8-9-15(19)16(20)10-14/h8-10,12-13H,4-7,11H2,1-3H3. The molecule has 1 atom stereocenters. The molecule has 0 spiro atoms. The van der Waals surface area contributed by atoms with Gasteiger partial charge in [-0.2, -0.15) is 0 Å². The normalized spacial score (nSPS) is 15.9. The molecule has 0 aliphatic carbocycles. The molecule has 0 saturated heterocycles. The number of nitrogens with zero attached hydrogens (tertiary/aromatic N) is 2. The van der Waals surface area contributed by atoms with Crippen molar-refractivity contribution in [1.82, 2.24) is 0 Å². The molecule has 0 bridgehead atoms. The zero-order chi connectivity index (χ0) is 16.1. The molecule has 2 rings (SSSR count). The van der Waals surface area contributed by atoms with Gasteiger partial charge in [0.05, 0.1) is 16.6 Å². The van der Waals surface area contributed by atoms with Crippen molar-refractivity contribution in [3.63, 3.8) is 0 Å². The van der Waals surface area contributed by atoms with Crippen molar-refractivity contribution in [1.29, 1.82) is 0 Å². The zero-order valence-corrected chi connectivity index (χ0v) is 15.1. The Bertz CT molecular complexity index is 576. The number of halogens is 2. The molecule has 120 valence electrons. The van der Waals surface area contributed by atoms with E-state index in [-0.39, 0.29) is 0 Å². The second-order valence-electron chi connectivity index (χ2n) is 6.33. The SMILES string of the molecule is CCCC(CCC(C)C)C1=NC(c2ccc(Cl)c(Cl)c2)=NC1. The molecular formula is C18H24Cl2N2. The van der Waals surface area contributed by atoms with Crippen LogP contribution in [0.25, 0.3) is 0 Å². The molecule has 1 unspecified atom stereocenters. The predicted octanol–water partition coefficient (Wildman–Crippen LogP) is 6.05. The van der Waals surface area contributed by atoms with E-state index in [2.05, 4.69) is 25.8 Å². The van der Waals surface area contributed by atoms with Crippen LogP contribution in [0.3, 0.4) is 0 Å². The second-order valence-corrected chi connectivity index (χ2v) is 7.14. The summed E-state index contributed by atoms with van der Waals surface area (Å²) >= 11 is 12.1. The van der Waals surface area contributed by atoms with Crippen LogP contribution in [0.5, 0.6) is 0 Å². The molecule has 0 N–H and O–H groups in total. The molecule has 0 saturated carbocycles. The van der Waals surface area contributed by atoms with Crippen molar-refractivity contribution in [2.75, 3.05) is 6.54 Å². The molecule has 0 aromatic heterocycles. The third-order valence-corrected chi connectivity index (χ3v) is 4.76. The van der Waals surface area contributed by atoms with Gasteiger partial charge >= 0.3 is 0 Å². The van der Waals surface area contributed by atoms with Crippen LogP contribution in [0.4, 0.5) is 0 Å². The van der Waals surface area contributed by atoms with E-state index in [1.54, 1.807) is 6.07 Å². The lowest BCUT2D eigenvalue weighted by molar-refractivity contribution is 0.474. The number of aliphatic imine (C=N–C) groups is 2. The monoisotopic (exact) mass is 338 g/mol. The van der Waals surface area contributed by atoms with E-state index < -0.39 is 0 Å². The summed E-state index contributed by atoms with van der Waals surface area (Å²) in [5.41, 5.74) is 2.17. The maximum atomic E-state index is 6.09. The summed E-state index contributed by atoms with van der Waals surface area (Å²) in [6.45, 7) is 7.51. The average Bonchev–Trinajstić information content (AvgIpc) is 2.96. The van der Waals surface area contributed by atoms with Gasteiger partial charge in [-0.3, -0.25) is 4.99 Å². The quantitative estimate of drug-likeness (QED) is 0.578. The van der Waals surface area contributed by atoms with Gasteiger partial charge in [0.1, 0.15) is 0 Å². The van der Waals surface area contributed by atoms with Gasteiger partial charge in [-0.1, -0.05) is 56.8 Å². The topological polar surface area (TPSA) is 24.7 Å². The molecule has 1 aromatic carbocycles. The maximum absolute atomic E-state index is 6.09. The van der Waals surface area contributed by atoms with Gasteiger partial charge in [0, 0.05) is 11.3 Å².